The lowest BCUT2D eigenvalue weighted by Gasteiger charge is -2.27. The SMILES string of the molecule is C=CC(N)C(C)(O)Cc1ccccc1. The van der Waals surface area contributed by atoms with Crippen LogP contribution in [-0.2, 0) is 6.42 Å². The lowest BCUT2D eigenvalue weighted by atomic mass is 9.90. The van der Waals surface area contributed by atoms with E-state index in [0.29, 0.717) is 6.42 Å². The predicted molar refractivity (Wildman–Crippen MR) is 58.9 cm³/mol. The lowest BCUT2D eigenvalue weighted by molar-refractivity contribution is 0.0476. The van der Waals surface area contributed by atoms with Crippen LogP contribution in [-0.4, -0.2) is 16.7 Å². The maximum Gasteiger partial charge on any atom is 0.0845 e. The molecular formula is C12H17NO. The molecule has 0 spiro atoms. The molecule has 0 aliphatic rings. The van der Waals surface area contributed by atoms with Crippen LogP contribution in [0.25, 0.3) is 0 Å². The van der Waals surface area contributed by atoms with Crippen molar-refractivity contribution in [2.75, 3.05) is 0 Å². The van der Waals surface area contributed by atoms with Crippen molar-refractivity contribution >= 4 is 0 Å². The van der Waals surface area contributed by atoms with Crippen LogP contribution in [0.1, 0.15) is 12.5 Å². The van der Waals surface area contributed by atoms with Crippen molar-refractivity contribution in [2.24, 2.45) is 5.73 Å². The van der Waals surface area contributed by atoms with Gasteiger partial charge in [-0.05, 0) is 12.5 Å². The van der Waals surface area contributed by atoms with E-state index in [2.05, 4.69) is 6.58 Å². The second-order valence-corrected chi connectivity index (χ2v) is 3.78. The first-order valence-corrected chi connectivity index (χ1v) is 4.70. The first-order chi connectivity index (χ1) is 6.56. The molecule has 0 aliphatic carbocycles. The van der Waals surface area contributed by atoms with E-state index in [4.69, 9.17) is 5.73 Å². The van der Waals surface area contributed by atoms with Crippen molar-refractivity contribution < 1.29 is 5.11 Å². The fraction of sp³-hybridized carbons (Fsp3) is 0.333. The first-order valence-electron chi connectivity index (χ1n) is 4.70. The molecule has 76 valence electrons. The average molecular weight is 191 g/mol. The summed E-state index contributed by atoms with van der Waals surface area (Å²) in [4.78, 5) is 0. The Hall–Kier alpha value is -1.12. The zero-order valence-electron chi connectivity index (χ0n) is 8.48. The molecule has 1 aromatic carbocycles. The molecular weight excluding hydrogens is 174 g/mol. The minimum atomic E-state index is -0.927. The van der Waals surface area contributed by atoms with Crippen molar-refractivity contribution in [3.05, 3.63) is 48.6 Å². The second kappa shape index (κ2) is 4.40. The van der Waals surface area contributed by atoms with Crippen molar-refractivity contribution in [3.8, 4) is 0 Å². The summed E-state index contributed by atoms with van der Waals surface area (Å²) in [5.74, 6) is 0. The molecule has 0 fully saturated rings. The van der Waals surface area contributed by atoms with Gasteiger partial charge in [0.1, 0.15) is 0 Å². The van der Waals surface area contributed by atoms with Gasteiger partial charge in [-0.1, -0.05) is 36.4 Å². The van der Waals surface area contributed by atoms with Crippen LogP contribution >= 0.6 is 0 Å². The quantitative estimate of drug-likeness (QED) is 0.708. The minimum Gasteiger partial charge on any atom is -0.388 e. The topological polar surface area (TPSA) is 46.2 Å². The molecule has 0 amide bonds. The van der Waals surface area contributed by atoms with E-state index in [9.17, 15) is 5.11 Å². The molecule has 0 radical (unpaired) electrons. The third-order valence-electron chi connectivity index (χ3n) is 2.38. The van der Waals surface area contributed by atoms with Gasteiger partial charge >= 0.3 is 0 Å². The molecule has 0 aliphatic heterocycles. The highest BCUT2D eigenvalue weighted by Gasteiger charge is 2.26. The van der Waals surface area contributed by atoms with E-state index in [-0.39, 0.29) is 0 Å². The third kappa shape index (κ3) is 2.69. The highest BCUT2D eigenvalue weighted by atomic mass is 16.3. The van der Waals surface area contributed by atoms with Gasteiger partial charge in [0, 0.05) is 6.42 Å². The standard InChI is InChI=1S/C12H17NO/c1-3-11(13)12(2,14)9-10-7-5-4-6-8-10/h3-8,11,14H,1,9,13H2,2H3. The molecule has 14 heavy (non-hydrogen) atoms. The van der Waals surface area contributed by atoms with Gasteiger partial charge < -0.3 is 10.8 Å². The normalized spacial score (nSPS) is 17.1. The summed E-state index contributed by atoms with van der Waals surface area (Å²) in [5.41, 5.74) is 5.88. The highest BCUT2D eigenvalue weighted by Crippen LogP contribution is 2.16. The summed E-state index contributed by atoms with van der Waals surface area (Å²) in [6.45, 7) is 5.31. The number of nitrogens with two attached hydrogens (primary N) is 1. The zero-order chi connectivity index (χ0) is 10.6. The molecule has 0 saturated heterocycles. The summed E-state index contributed by atoms with van der Waals surface area (Å²) >= 11 is 0. The molecule has 2 heteroatoms. The van der Waals surface area contributed by atoms with Crippen LogP contribution < -0.4 is 5.73 Å². The van der Waals surface area contributed by atoms with Gasteiger partial charge in [0.05, 0.1) is 11.6 Å². The molecule has 2 atom stereocenters. The van der Waals surface area contributed by atoms with Crippen LogP contribution in [0, 0.1) is 0 Å². The third-order valence-corrected chi connectivity index (χ3v) is 2.38. The largest absolute Gasteiger partial charge is 0.388 e. The van der Waals surface area contributed by atoms with Crippen molar-refractivity contribution in [3.63, 3.8) is 0 Å². The number of rotatable bonds is 4. The molecule has 1 rings (SSSR count). The Morgan fingerprint density at radius 3 is 2.57 bits per heavy atom. The molecule has 2 unspecified atom stereocenters. The van der Waals surface area contributed by atoms with Gasteiger partial charge in [0.15, 0.2) is 0 Å². The van der Waals surface area contributed by atoms with E-state index < -0.39 is 11.6 Å². The fourth-order valence-electron chi connectivity index (χ4n) is 1.38. The molecule has 1 aromatic rings. The zero-order valence-corrected chi connectivity index (χ0v) is 8.48. The first kappa shape index (κ1) is 11.0. The number of benzene rings is 1. The van der Waals surface area contributed by atoms with E-state index in [1.807, 2.05) is 30.3 Å². The second-order valence-electron chi connectivity index (χ2n) is 3.78. The van der Waals surface area contributed by atoms with Crippen LogP contribution in [0.2, 0.25) is 0 Å². The summed E-state index contributed by atoms with van der Waals surface area (Å²) in [6, 6.07) is 9.40. The van der Waals surface area contributed by atoms with Gasteiger partial charge in [-0.3, -0.25) is 0 Å². The Bertz CT molecular complexity index is 292. The van der Waals surface area contributed by atoms with Gasteiger partial charge in [-0.2, -0.15) is 0 Å². The summed E-state index contributed by atoms with van der Waals surface area (Å²) in [5, 5.41) is 10.0. The average Bonchev–Trinajstić information content (AvgIpc) is 2.17. The molecule has 2 nitrogen and oxygen atoms in total. The Morgan fingerprint density at radius 1 is 1.50 bits per heavy atom. The van der Waals surface area contributed by atoms with E-state index in [1.54, 1.807) is 13.0 Å². The van der Waals surface area contributed by atoms with Crippen LogP contribution in [0.5, 0.6) is 0 Å². The maximum absolute atomic E-state index is 10.0. The maximum atomic E-state index is 10.0. The molecule has 0 heterocycles. The monoisotopic (exact) mass is 191 g/mol. The summed E-state index contributed by atoms with van der Waals surface area (Å²) in [7, 11) is 0. The van der Waals surface area contributed by atoms with Gasteiger partial charge in [-0.25, -0.2) is 0 Å². The van der Waals surface area contributed by atoms with Crippen LogP contribution in [0.3, 0.4) is 0 Å². The van der Waals surface area contributed by atoms with Crippen molar-refractivity contribution in [2.45, 2.75) is 25.0 Å². The van der Waals surface area contributed by atoms with E-state index in [0.717, 1.165) is 5.56 Å². The van der Waals surface area contributed by atoms with Crippen LogP contribution in [0.4, 0.5) is 0 Å². The van der Waals surface area contributed by atoms with Gasteiger partial charge in [0.2, 0.25) is 0 Å². The fourth-order valence-corrected chi connectivity index (χ4v) is 1.38. The molecule has 0 bridgehead atoms. The lowest BCUT2D eigenvalue weighted by Crippen LogP contribution is -2.45. The molecule has 0 aromatic heterocycles. The number of hydrogen-bond donors (Lipinski definition) is 2. The Labute approximate surface area is 85.1 Å². The van der Waals surface area contributed by atoms with Crippen molar-refractivity contribution in [1.82, 2.24) is 0 Å². The Morgan fingerprint density at radius 2 is 2.07 bits per heavy atom. The van der Waals surface area contributed by atoms with Gasteiger partial charge in [0.25, 0.3) is 0 Å². The Kier molecular flexibility index (Phi) is 3.44. The van der Waals surface area contributed by atoms with E-state index >= 15 is 0 Å². The highest BCUT2D eigenvalue weighted by molar-refractivity contribution is 5.18. The predicted octanol–water partition coefficient (Wildman–Crippen LogP) is 1.49. The van der Waals surface area contributed by atoms with Gasteiger partial charge in [-0.15, -0.1) is 6.58 Å². The smallest absolute Gasteiger partial charge is 0.0845 e. The van der Waals surface area contributed by atoms with Crippen molar-refractivity contribution in [1.29, 1.82) is 0 Å². The number of hydrogen-bond acceptors (Lipinski definition) is 2. The summed E-state index contributed by atoms with van der Waals surface area (Å²) in [6.07, 6.45) is 2.12. The number of aliphatic hydroxyl groups is 1. The van der Waals surface area contributed by atoms with E-state index in [1.165, 1.54) is 0 Å². The molecule has 3 N–H and O–H groups in total. The molecule has 0 saturated carbocycles. The summed E-state index contributed by atoms with van der Waals surface area (Å²) < 4.78 is 0. The van der Waals surface area contributed by atoms with Crippen LogP contribution in [0.15, 0.2) is 43.0 Å². The Balaban J connectivity index is 2.73. The minimum absolute atomic E-state index is 0.400.